The second-order valence-corrected chi connectivity index (χ2v) is 11.7. The van der Waals surface area contributed by atoms with Crippen LogP contribution in [0.1, 0.15) is 58.4 Å². The molecule has 1 heterocycles. The van der Waals surface area contributed by atoms with Gasteiger partial charge in [0.15, 0.2) is 0 Å². The van der Waals surface area contributed by atoms with Crippen molar-refractivity contribution in [3.05, 3.63) is 53.6 Å². The smallest absolute Gasteiger partial charge is 0.331 e. The van der Waals surface area contributed by atoms with Gasteiger partial charge in [0.1, 0.15) is 0 Å². The third-order valence-corrected chi connectivity index (χ3v) is 8.84. The number of hydrogen-bond acceptors (Lipinski definition) is 5. The minimum absolute atomic E-state index is 0.00543. The summed E-state index contributed by atoms with van der Waals surface area (Å²) in [6, 6.07) is 5.13. The van der Waals surface area contributed by atoms with Crippen molar-refractivity contribution in [3.8, 4) is 0 Å². The Labute approximate surface area is 220 Å². The molecule has 0 radical (unpaired) electrons. The molecule has 37 heavy (non-hydrogen) atoms. The third kappa shape index (κ3) is 6.80. The number of urea groups is 2. The van der Waals surface area contributed by atoms with E-state index in [1.54, 1.807) is 12.1 Å². The molecule has 0 spiro atoms. The molecule has 1 fully saturated rings. The second-order valence-electron chi connectivity index (χ2n) is 9.86. The number of nitrogens with zero attached hydrogens (tertiary/aromatic N) is 2. The predicted molar refractivity (Wildman–Crippen MR) is 142 cm³/mol. The first kappa shape index (κ1) is 28.4. The van der Waals surface area contributed by atoms with Crippen molar-refractivity contribution < 1.29 is 22.8 Å². The van der Waals surface area contributed by atoms with Gasteiger partial charge in [0.05, 0.1) is 18.0 Å². The lowest BCUT2D eigenvalue weighted by Crippen LogP contribution is -2.48. The quantitative estimate of drug-likeness (QED) is 0.469. The number of hydrogen-bond donors (Lipinski definition) is 2. The number of nitrogens with one attached hydrogen (secondary N) is 2. The van der Waals surface area contributed by atoms with Gasteiger partial charge in [-0.2, -0.15) is 0 Å². The summed E-state index contributed by atoms with van der Waals surface area (Å²) in [7, 11) is -4.07. The minimum atomic E-state index is -4.07. The summed E-state index contributed by atoms with van der Waals surface area (Å²) in [5, 5.41) is 5.63. The Kier molecular flexibility index (Phi) is 9.53. The highest BCUT2D eigenvalue weighted by atomic mass is 32.2. The number of sulfonamides is 1. The van der Waals surface area contributed by atoms with Crippen LogP contribution in [0.5, 0.6) is 0 Å². The van der Waals surface area contributed by atoms with Crippen LogP contribution in [-0.2, 0) is 21.2 Å². The molecule has 0 saturated heterocycles. The summed E-state index contributed by atoms with van der Waals surface area (Å²) < 4.78 is 27.3. The Morgan fingerprint density at radius 3 is 2.38 bits per heavy atom. The highest BCUT2D eigenvalue weighted by molar-refractivity contribution is 7.89. The lowest BCUT2D eigenvalue weighted by molar-refractivity contribution is -0.123. The van der Waals surface area contributed by atoms with Crippen LogP contribution in [0.15, 0.2) is 53.0 Å². The first-order valence-corrected chi connectivity index (χ1v) is 14.3. The molecule has 10 heteroatoms. The van der Waals surface area contributed by atoms with Gasteiger partial charge < -0.3 is 10.6 Å². The van der Waals surface area contributed by atoms with Crippen molar-refractivity contribution in [2.45, 2.75) is 70.2 Å². The van der Waals surface area contributed by atoms with Crippen LogP contribution in [0.25, 0.3) is 0 Å². The summed E-state index contributed by atoms with van der Waals surface area (Å²) >= 11 is 0. The van der Waals surface area contributed by atoms with Crippen LogP contribution < -0.4 is 10.6 Å². The summed E-state index contributed by atoms with van der Waals surface area (Å²) in [6.45, 7) is 10.00. The van der Waals surface area contributed by atoms with Gasteiger partial charge in [-0.05, 0) is 74.6 Å². The zero-order valence-corrected chi connectivity index (χ0v) is 22.8. The normalized spacial score (nSPS) is 20.1. The Morgan fingerprint density at radius 1 is 1.16 bits per heavy atom. The fourth-order valence-electron chi connectivity index (χ4n) is 4.79. The molecule has 9 nitrogen and oxygen atoms in total. The molecule has 1 aromatic rings. The Bertz CT molecular complexity index is 1150. The molecule has 1 aromatic carbocycles. The maximum absolute atomic E-state index is 13.2. The summed E-state index contributed by atoms with van der Waals surface area (Å²) in [6.07, 6.45) is 6.12. The van der Waals surface area contributed by atoms with Crippen LogP contribution >= 0.6 is 0 Å². The number of carbonyl (C=O) groups is 3. The van der Waals surface area contributed by atoms with Crippen molar-refractivity contribution in [1.29, 1.82) is 0 Å². The molecule has 3 rings (SSSR count). The molecular weight excluding hydrogens is 492 g/mol. The second kappa shape index (κ2) is 12.4. The van der Waals surface area contributed by atoms with E-state index in [1.165, 1.54) is 23.1 Å². The lowest BCUT2D eigenvalue weighted by atomic mass is 9.87. The SMILES string of the molecule is C=CCN(C(=O)NC1CCC(C)CC1)S(=O)(=O)c1ccc(CCNC(=O)N2CC(C)=C(CC)C2=O)cc1. The van der Waals surface area contributed by atoms with Crippen LogP contribution in [0.4, 0.5) is 9.59 Å². The van der Waals surface area contributed by atoms with Crippen molar-refractivity contribution in [2.75, 3.05) is 19.6 Å². The summed E-state index contributed by atoms with van der Waals surface area (Å²) in [4.78, 5) is 38.9. The van der Waals surface area contributed by atoms with Gasteiger partial charge in [-0.3, -0.25) is 9.69 Å². The van der Waals surface area contributed by atoms with E-state index in [4.69, 9.17) is 0 Å². The van der Waals surface area contributed by atoms with Gasteiger partial charge in [-0.15, -0.1) is 6.58 Å². The topological polar surface area (TPSA) is 116 Å². The molecular formula is C27H38N4O5S. The highest BCUT2D eigenvalue weighted by Crippen LogP contribution is 2.24. The molecule has 0 bridgehead atoms. The third-order valence-electron chi connectivity index (χ3n) is 7.08. The van der Waals surface area contributed by atoms with E-state index < -0.39 is 22.1 Å². The molecule has 1 saturated carbocycles. The van der Waals surface area contributed by atoms with E-state index in [0.717, 1.165) is 41.1 Å². The number of imide groups is 1. The Balaban J connectivity index is 1.57. The zero-order valence-electron chi connectivity index (χ0n) is 22.0. The van der Waals surface area contributed by atoms with Gasteiger partial charge in [-0.1, -0.05) is 32.1 Å². The van der Waals surface area contributed by atoms with E-state index in [-0.39, 0.29) is 23.4 Å². The van der Waals surface area contributed by atoms with E-state index in [0.29, 0.717) is 37.4 Å². The van der Waals surface area contributed by atoms with E-state index >= 15 is 0 Å². The maximum atomic E-state index is 13.2. The van der Waals surface area contributed by atoms with Gasteiger partial charge in [0.25, 0.3) is 15.9 Å². The van der Waals surface area contributed by atoms with Gasteiger partial charge in [0, 0.05) is 18.2 Å². The maximum Gasteiger partial charge on any atom is 0.331 e. The van der Waals surface area contributed by atoms with Crippen molar-refractivity contribution >= 4 is 28.0 Å². The van der Waals surface area contributed by atoms with Gasteiger partial charge in [0.2, 0.25) is 0 Å². The average Bonchev–Trinajstić information content (AvgIpc) is 3.16. The fraction of sp³-hybridized carbons (Fsp3) is 0.519. The van der Waals surface area contributed by atoms with E-state index in [2.05, 4.69) is 24.1 Å². The molecule has 0 aromatic heterocycles. The molecule has 2 aliphatic rings. The van der Waals surface area contributed by atoms with E-state index in [9.17, 15) is 22.8 Å². The molecule has 0 atom stereocenters. The lowest BCUT2D eigenvalue weighted by Gasteiger charge is -2.29. The molecule has 0 unspecified atom stereocenters. The monoisotopic (exact) mass is 530 g/mol. The van der Waals surface area contributed by atoms with Crippen molar-refractivity contribution in [1.82, 2.24) is 19.8 Å². The first-order chi connectivity index (χ1) is 17.6. The van der Waals surface area contributed by atoms with Crippen LogP contribution in [0, 0.1) is 5.92 Å². The standard InChI is InChI=1S/C27H38N4O5S/c1-5-17-31(27(34)29-22-11-7-19(3)8-12-22)37(35,36)23-13-9-21(10-14-23)15-16-28-26(33)30-18-20(4)24(6-2)25(30)32/h5,9-10,13-14,19,22H,1,6-8,11-12,15-18H2,2-4H3,(H,28,33)(H,29,34). The van der Waals surface area contributed by atoms with Gasteiger partial charge >= 0.3 is 12.1 Å². The summed E-state index contributed by atoms with van der Waals surface area (Å²) in [5.74, 6) is 0.365. The Morgan fingerprint density at radius 2 is 1.81 bits per heavy atom. The van der Waals surface area contributed by atoms with E-state index in [1.807, 2.05) is 13.8 Å². The molecule has 2 N–H and O–H groups in total. The number of carbonyl (C=O) groups excluding carboxylic acids is 3. The average molecular weight is 531 g/mol. The van der Waals surface area contributed by atoms with Crippen LogP contribution in [0.2, 0.25) is 0 Å². The zero-order chi connectivity index (χ0) is 27.2. The van der Waals surface area contributed by atoms with Crippen molar-refractivity contribution in [2.24, 2.45) is 5.92 Å². The minimum Gasteiger partial charge on any atom is -0.337 e. The summed E-state index contributed by atoms with van der Waals surface area (Å²) in [5.41, 5.74) is 2.40. The van der Waals surface area contributed by atoms with Crippen LogP contribution in [-0.4, -0.2) is 61.3 Å². The fourth-order valence-corrected chi connectivity index (χ4v) is 6.10. The number of rotatable bonds is 9. The first-order valence-electron chi connectivity index (χ1n) is 12.9. The molecule has 1 aliphatic carbocycles. The largest absolute Gasteiger partial charge is 0.337 e. The molecule has 5 amide bonds. The molecule has 1 aliphatic heterocycles. The molecule has 202 valence electrons. The predicted octanol–water partition coefficient (Wildman–Crippen LogP) is 3.97. The highest BCUT2D eigenvalue weighted by Gasteiger charge is 2.32. The number of amides is 5. The van der Waals surface area contributed by atoms with Crippen LogP contribution in [0.3, 0.4) is 0 Å². The van der Waals surface area contributed by atoms with Gasteiger partial charge in [-0.25, -0.2) is 22.3 Å². The van der Waals surface area contributed by atoms with Crippen molar-refractivity contribution in [3.63, 3.8) is 0 Å². The number of benzene rings is 1. The Hall–Kier alpha value is -3.14.